The Balaban J connectivity index is 2.44. The Labute approximate surface area is 107 Å². The van der Waals surface area contributed by atoms with Gasteiger partial charge in [0.1, 0.15) is 6.26 Å². The van der Waals surface area contributed by atoms with Crippen molar-refractivity contribution >= 4 is 17.0 Å². The zero-order valence-electron chi connectivity index (χ0n) is 10.7. The molecule has 0 saturated heterocycles. The summed E-state index contributed by atoms with van der Waals surface area (Å²) in [7, 11) is 0. The molecule has 0 aliphatic rings. The summed E-state index contributed by atoms with van der Waals surface area (Å²) in [6.45, 7) is 7.74. The normalized spacial score (nSPS) is 10.5. The van der Waals surface area contributed by atoms with Gasteiger partial charge in [0, 0.05) is 24.4 Å². The van der Waals surface area contributed by atoms with Crippen molar-refractivity contribution in [1.29, 1.82) is 0 Å². The van der Waals surface area contributed by atoms with E-state index in [9.17, 15) is 4.79 Å². The van der Waals surface area contributed by atoms with E-state index in [0.717, 1.165) is 37.2 Å². The Morgan fingerprint density at radius 2 is 2.06 bits per heavy atom. The summed E-state index contributed by atoms with van der Waals surface area (Å²) in [6.07, 6.45) is 3.61. The van der Waals surface area contributed by atoms with E-state index >= 15 is 0 Å². The molecule has 1 amide bonds. The molecule has 0 saturated carbocycles. The number of hydrogen-bond donors (Lipinski definition) is 0. The largest absolute Gasteiger partial charge is 0.364 e. The third-order valence-corrected chi connectivity index (χ3v) is 3.41. The molecule has 0 aliphatic carbocycles. The van der Waals surface area contributed by atoms with Crippen LogP contribution < -0.4 is 0 Å². The molecule has 0 bridgehead atoms. The topological polar surface area (TPSA) is 46.3 Å². The first kappa shape index (κ1) is 14.1. The maximum atomic E-state index is 12.0. The molecule has 1 heterocycles. The van der Waals surface area contributed by atoms with Crippen LogP contribution in [0.3, 0.4) is 0 Å². The predicted molar refractivity (Wildman–Crippen MR) is 70.1 cm³/mol. The van der Waals surface area contributed by atoms with Gasteiger partial charge in [0.25, 0.3) is 5.24 Å². The molecule has 0 unspecified atom stereocenters. The highest BCUT2D eigenvalue weighted by molar-refractivity contribution is 8.12. The van der Waals surface area contributed by atoms with Gasteiger partial charge in [0.05, 0.1) is 5.69 Å². The van der Waals surface area contributed by atoms with Gasteiger partial charge in [-0.1, -0.05) is 30.8 Å². The standard InChI is InChI=1S/C12H20N2O2S/c1-4-6-14(7-5-2)12(15)17-9-11-8-16-13-10(11)3/h8H,4-7,9H2,1-3H3. The van der Waals surface area contributed by atoms with Crippen molar-refractivity contribution in [3.8, 4) is 0 Å². The summed E-state index contributed by atoms with van der Waals surface area (Å²) in [5.74, 6) is 0.637. The zero-order valence-corrected chi connectivity index (χ0v) is 11.5. The van der Waals surface area contributed by atoms with E-state index in [2.05, 4.69) is 19.0 Å². The molecule has 17 heavy (non-hydrogen) atoms. The van der Waals surface area contributed by atoms with Crippen molar-refractivity contribution in [2.45, 2.75) is 39.4 Å². The molecular weight excluding hydrogens is 236 g/mol. The molecule has 0 N–H and O–H groups in total. The first-order chi connectivity index (χ1) is 8.19. The van der Waals surface area contributed by atoms with E-state index in [1.165, 1.54) is 11.8 Å². The van der Waals surface area contributed by atoms with Gasteiger partial charge in [-0.05, 0) is 19.8 Å². The Morgan fingerprint density at radius 1 is 1.41 bits per heavy atom. The van der Waals surface area contributed by atoms with Gasteiger partial charge in [-0.3, -0.25) is 4.79 Å². The van der Waals surface area contributed by atoms with E-state index in [4.69, 9.17) is 4.52 Å². The van der Waals surface area contributed by atoms with Crippen molar-refractivity contribution in [1.82, 2.24) is 10.1 Å². The van der Waals surface area contributed by atoms with Crippen LogP contribution in [0.2, 0.25) is 0 Å². The van der Waals surface area contributed by atoms with Crippen molar-refractivity contribution in [2.24, 2.45) is 0 Å². The first-order valence-corrected chi connectivity index (χ1v) is 6.99. The van der Waals surface area contributed by atoms with E-state index in [1.807, 2.05) is 11.8 Å². The third kappa shape index (κ3) is 4.42. The Hall–Kier alpha value is -0.970. The second-order valence-electron chi connectivity index (χ2n) is 3.97. The predicted octanol–water partition coefficient (Wildman–Crippen LogP) is 3.46. The fraction of sp³-hybridized carbons (Fsp3) is 0.667. The smallest absolute Gasteiger partial charge is 0.281 e. The molecule has 4 nitrogen and oxygen atoms in total. The highest BCUT2D eigenvalue weighted by Crippen LogP contribution is 2.18. The Morgan fingerprint density at radius 3 is 2.53 bits per heavy atom. The summed E-state index contributed by atoms with van der Waals surface area (Å²) in [5, 5.41) is 3.95. The molecule has 0 atom stereocenters. The van der Waals surface area contributed by atoms with Crippen LogP contribution in [-0.4, -0.2) is 28.4 Å². The van der Waals surface area contributed by atoms with Crippen LogP contribution in [0.25, 0.3) is 0 Å². The summed E-state index contributed by atoms with van der Waals surface area (Å²) < 4.78 is 4.84. The molecular formula is C12H20N2O2S. The number of carbonyl (C=O) groups excluding carboxylic acids is 1. The third-order valence-electron chi connectivity index (χ3n) is 2.45. The highest BCUT2D eigenvalue weighted by atomic mass is 32.2. The van der Waals surface area contributed by atoms with Crippen LogP contribution in [0.1, 0.15) is 37.9 Å². The Kier molecular flexibility index (Phi) is 6.11. The quantitative estimate of drug-likeness (QED) is 0.782. The highest BCUT2D eigenvalue weighted by Gasteiger charge is 2.13. The van der Waals surface area contributed by atoms with E-state index in [0.29, 0.717) is 5.75 Å². The van der Waals surface area contributed by atoms with E-state index < -0.39 is 0 Å². The molecule has 0 aromatic carbocycles. The van der Waals surface area contributed by atoms with Crippen LogP contribution in [0.15, 0.2) is 10.8 Å². The molecule has 1 aromatic rings. The zero-order chi connectivity index (χ0) is 12.7. The number of aryl methyl sites for hydroxylation is 1. The molecule has 5 heteroatoms. The summed E-state index contributed by atoms with van der Waals surface area (Å²) in [4.78, 5) is 13.9. The first-order valence-electron chi connectivity index (χ1n) is 6.00. The molecule has 0 spiro atoms. The summed E-state index contributed by atoms with van der Waals surface area (Å²) in [6, 6.07) is 0. The van der Waals surface area contributed by atoms with Gasteiger partial charge < -0.3 is 9.42 Å². The molecule has 1 rings (SSSR count). The minimum atomic E-state index is 0.148. The lowest BCUT2D eigenvalue weighted by Gasteiger charge is -2.20. The molecule has 0 fully saturated rings. The van der Waals surface area contributed by atoms with Gasteiger partial charge in [-0.25, -0.2) is 0 Å². The number of nitrogens with zero attached hydrogens (tertiary/aromatic N) is 2. The van der Waals surface area contributed by atoms with Gasteiger partial charge in [0.15, 0.2) is 0 Å². The van der Waals surface area contributed by atoms with Gasteiger partial charge in [-0.15, -0.1) is 0 Å². The van der Waals surface area contributed by atoms with Crippen molar-refractivity contribution in [3.63, 3.8) is 0 Å². The molecule has 1 aromatic heterocycles. The van der Waals surface area contributed by atoms with Crippen LogP contribution in [0, 0.1) is 6.92 Å². The average Bonchev–Trinajstić information content (AvgIpc) is 2.71. The van der Waals surface area contributed by atoms with Crippen molar-refractivity contribution in [3.05, 3.63) is 17.5 Å². The molecule has 0 aliphatic heterocycles. The maximum Gasteiger partial charge on any atom is 0.281 e. The minimum Gasteiger partial charge on any atom is -0.364 e. The monoisotopic (exact) mass is 256 g/mol. The van der Waals surface area contributed by atoms with Gasteiger partial charge >= 0.3 is 0 Å². The van der Waals surface area contributed by atoms with Crippen LogP contribution in [0.5, 0.6) is 0 Å². The number of amides is 1. The van der Waals surface area contributed by atoms with Crippen LogP contribution in [-0.2, 0) is 5.75 Å². The van der Waals surface area contributed by atoms with Gasteiger partial charge in [0.2, 0.25) is 0 Å². The SMILES string of the molecule is CCCN(CCC)C(=O)SCc1conc1C. The van der Waals surface area contributed by atoms with Crippen LogP contribution >= 0.6 is 11.8 Å². The number of aromatic nitrogens is 1. The summed E-state index contributed by atoms with van der Waals surface area (Å²) in [5.41, 5.74) is 1.86. The fourth-order valence-corrected chi connectivity index (χ4v) is 2.44. The lowest BCUT2D eigenvalue weighted by atomic mass is 10.3. The van der Waals surface area contributed by atoms with Crippen molar-refractivity contribution < 1.29 is 9.32 Å². The number of thioether (sulfide) groups is 1. The number of hydrogen-bond acceptors (Lipinski definition) is 4. The van der Waals surface area contributed by atoms with Gasteiger partial charge in [-0.2, -0.15) is 0 Å². The number of rotatable bonds is 6. The second kappa shape index (κ2) is 7.37. The maximum absolute atomic E-state index is 12.0. The second-order valence-corrected chi connectivity index (χ2v) is 4.89. The lowest BCUT2D eigenvalue weighted by molar-refractivity contribution is 0.223. The van der Waals surface area contributed by atoms with E-state index in [-0.39, 0.29) is 5.24 Å². The fourth-order valence-electron chi connectivity index (χ4n) is 1.52. The average molecular weight is 256 g/mol. The number of carbonyl (C=O) groups is 1. The van der Waals surface area contributed by atoms with Crippen molar-refractivity contribution in [2.75, 3.05) is 13.1 Å². The molecule has 96 valence electrons. The Bertz CT molecular complexity index is 346. The lowest BCUT2D eigenvalue weighted by Crippen LogP contribution is -2.29. The van der Waals surface area contributed by atoms with E-state index in [1.54, 1.807) is 6.26 Å². The minimum absolute atomic E-state index is 0.148. The molecule has 0 radical (unpaired) electrons. The van der Waals surface area contributed by atoms with Crippen LogP contribution in [0.4, 0.5) is 4.79 Å². The summed E-state index contributed by atoms with van der Waals surface area (Å²) >= 11 is 1.32.